The summed E-state index contributed by atoms with van der Waals surface area (Å²) >= 11 is 0. The Bertz CT molecular complexity index is 1300. The number of amides is 1. The number of carbonyl (C=O) groups is 1. The predicted molar refractivity (Wildman–Crippen MR) is 117 cm³/mol. The quantitative estimate of drug-likeness (QED) is 0.478. The zero-order valence-electron chi connectivity index (χ0n) is 19.1. The Morgan fingerprint density at radius 3 is 2.44 bits per heavy atom. The van der Waals surface area contributed by atoms with Crippen LogP contribution < -0.4 is 4.90 Å². The fourth-order valence-electron chi connectivity index (χ4n) is 5.18. The number of anilines is 1. The average Bonchev–Trinajstić information content (AvgIpc) is 3.26. The van der Waals surface area contributed by atoms with E-state index in [4.69, 9.17) is 0 Å². The standard InChI is InChI=1S/C23H22F6N6O/c1-13-11-33(19-15-4-2-3-5-17(15)30-10-16(19)22(24,25)26)7-6-14(13)20(36)34-8-9-35-18(12-34)31-32-21(35)23(27,28)29/h2-5,10,13-14H,6-9,11-12H2,1H3/t13-,14+/m1/s1. The van der Waals surface area contributed by atoms with Crippen LogP contribution in [-0.4, -0.2) is 50.2 Å². The fourth-order valence-corrected chi connectivity index (χ4v) is 5.18. The Morgan fingerprint density at radius 1 is 1.00 bits per heavy atom. The van der Waals surface area contributed by atoms with Crippen molar-refractivity contribution >= 4 is 22.5 Å². The summed E-state index contributed by atoms with van der Waals surface area (Å²) in [5, 5.41) is 7.23. The van der Waals surface area contributed by atoms with Gasteiger partial charge in [-0.25, -0.2) is 0 Å². The minimum Gasteiger partial charge on any atom is -0.370 e. The van der Waals surface area contributed by atoms with Crippen LogP contribution in [0.2, 0.25) is 0 Å². The molecule has 192 valence electrons. The third kappa shape index (κ3) is 4.24. The SMILES string of the molecule is C[C@@H]1CN(c2c(C(F)(F)F)cnc3ccccc23)CC[C@@H]1C(=O)N1CCn2c(nnc2C(F)(F)F)C1. The summed E-state index contributed by atoms with van der Waals surface area (Å²) in [7, 11) is 0. The van der Waals surface area contributed by atoms with Crippen molar-refractivity contribution in [2.75, 3.05) is 24.5 Å². The van der Waals surface area contributed by atoms with E-state index in [0.717, 1.165) is 10.8 Å². The Morgan fingerprint density at radius 2 is 1.75 bits per heavy atom. The maximum absolute atomic E-state index is 13.9. The molecular weight excluding hydrogens is 490 g/mol. The van der Waals surface area contributed by atoms with E-state index >= 15 is 0 Å². The molecule has 1 saturated heterocycles. The van der Waals surface area contributed by atoms with Crippen molar-refractivity contribution in [2.45, 2.75) is 38.8 Å². The normalized spacial score (nSPS) is 21.1. The molecule has 7 nitrogen and oxygen atoms in total. The maximum atomic E-state index is 13.9. The molecule has 1 fully saturated rings. The number of rotatable bonds is 2. The molecule has 2 aliphatic rings. The lowest BCUT2D eigenvalue weighted by atomic mass is 9.85. The van der Waals surface area contributed by atoms with Gasteiger partial charge in [0.25, 0.3) is 0 Å². The Balaban J connectivity index is 1.35. The van der Waals surface area contributed by atoms with Crippen molar-refractivity contribution in [1.29, 1.82) is 0 Å². The zero-order valence-corrected chi connectivity index (χ0v) is 19.1. The minimum atomic E-state index is -4.63. The molecular formula is C23H22F6N6O. The van der Waals surface area contributed by atoms with Crippen LogP contribution in [0, 0.1) is 11.8 Å². The third-order valence-electron chi connectivity index (χ3n) is 6.91. The lowest BCUT2D eigenvalue weighted by molar-refractivity contribution is -0.148. The van der Waals surface area contributed by atoms with Crippen LogP contribution in [0.15, 0.2) is 30.5 Å². The second kappa shape index (κ2) is 8.63. The van der Waals surface area contributed by atoms with Crippen LogP contribution >= 0.6 is 0 Å². The number of hydrogen-bond acceptors (Lipinski definition) is 5. The van der Waals surface area contributed by atoms with Gasteiger partial charge >= 0.3 is 12.4 Å². The highest BCUT2D eigenvalue weighted by Crippen LogP contribution is 2.42. The molecule has 0 spiro atoms. The van der Waals surface area contributed by atoms with E-state index < -0.39 is 29.7 Å². The van der Waals surface area contributed by atoms with Crippen LogP contribution in [0.25, 0.3) is 10.9 Å². The number of carbonyl (C=O) groups excluding carboxylic acids is 1. The molecule has 0 saturated carbocycles. The number of pyridine rings is 1. The highest BCUT2D eigenvalue weighted by molar-refractivity contribution is 5.93. The third-order valence-corrected chi connectivity index (χ3v) is 6.91. The number of hydrogen-bond donors (Lipinski definition) is 0. The Hall–Kier alpha value is -3.38. The Labute approximate surface area is 201 Å². The zero-order chi connectivity index (χ0) is 25.8. The molecule has 3 aromatic rings. The van der Waals surface area contributed by atoms with Crippen LogP contribution in [0.3, 0.4) is 0 Å². The van der Waals surface area contributed by atoms with Gasteiger partial charge < -0.3 is 14.4 Å². The second-order valence-electron chi connectivity index (χ2n) is 9.20. The van der Waals surface area contributed by atoms with Crippen LogP contribution in [0.5, 0.6) is 0 Å². The molecule has 1 aromatic carbocycles. The van der Waals surface area contributed by atoms with Crippen molar-refractivity contribution in [2.24, 2.45) is 11.8 Å². The smallest absolute Gasteiger partial charge is 0.370 e. The summed E-state index contributed by atoms with van der Waals surface area (Å²) in [4.78, 5) is 20.4. The first-order chi connectivity index (χ1) is 16.9. The van der Waals surface area contributed by atoms with Crippen molar-refractivity contribution in [1.82, 2.24) is 24.6 Å². The molecule has 5 rings (SSSR count). The van der Waals surface area contributed by atoms with E-state index in [1.807, 2.05) is 0 Å². The van der Waals surface area contributed by atoms with Crippen LogP contribution in [0.1, 0.15) is 30.6 Å². The van der Waals surface area contributed by atoms with Gasteiger partial charge in [-0.05, 0) is 18.4 Å². The minimum absolute atomic E-state index is 0.0524. The molecule has 1 amide bonds. The molecule has 13 heteroatoms. The highest BCUT2D eigenvalue weighted by atomic mass is 19.4. The number of aromatic nitrogens is 4. The summed E-state index contributed by atoms with van der Waals surface area (Å²) < 4.78 is 81.9. The highest BCUT2D eigenvalue weighted by Gasteiger charge is 2.42. The molecule has 0 unspecified atom stereocenters. The topological polar surface area (TPSA) is 67.2 Å². The Kier molecular flexibility index (Phi) is 5.83. The number of fused-ring (bicyclic) bond motifs is 2. The van der Waals surface area contributed by atoms with Gasteiger partial charge in [0.15, 0.2) is 5.82 Å². The van der Waals surface area contributed by atoms with E-state index in [9.17, 15) is 31.1 Å². The van der Waals surface area contributed by atoms with E-state index in [1.54, 1.807) is 36.1 Å². The molecule has 4 heterocycles. The van der Waals surface area contributed by atoms with Gasteiger partial charge in [-0.15, -0.1) is 10.2 Å². The summed E-state index contributed by atoms with van der Waals surface area (Å²) in [6.45, 7) is 2.15. The lowest BCUT2D eigenvalue weighted by Crippen LogP contribution is -2.49. The number of nitrogens with zero attached hydrogens (tertiary/aromatic N) is 6. The van der Waals surface area contributed by atoms with Crippen molar-refractivity contribution < 1.29 is 31.1 Å². The number of benzene rings is 1. The fraction of sp³-hybridized carbons (Fsp3) is 0.478. The van der Waals surface area contributed by atoms with Gasteiger partial charge in [-0.1, -0.05) is 25.1 Å². The summed E-state index contributed by atoms with van der Waals surface area (Å²) in [6, 6.07) is 6.62. The van der Waals surface area contributed by atoms with Gasteiger partial charge in [0, 0.05) is 43.7 Å². The molecule has 0 bridgehead atoms. The van der Waals surface area contributed by atoms with E-state index in [0.29, 0.717) is 17.3 Å². The molecule has 0 radical (unpaired) electrons. The number of alkyl halides is 6. The molecule has 2 atom stereocenters. The summed E-state index contributed by atoms with van der Waals surface area (Å²) in [6.07, 6.45) is -8.07. The van der Waals surface area contributed by atoms with E-state index in [-0.39, 0.29) is 56.1 Å². The van der Waals surface area contributed by atoms with Gasteiger partial charge in [0.05, 0.1) is 23.3 Å². The first-order valence-electron chi connectivity index (χ1n) is 11.4. The average molecular weight is 512 g/mol. The van der Waals surface area contributed by atoms with Crippen molar-refractivity contribution in [3.05, 3.63) is 47.7 Å². The monoisotopic (exact) mass is 512 g/mol. The maximum Gasteiger partial charge on any atom is 0.451 e. The van der Waals surface area contributed by atoms with Crippen LogP contribution in [0.4, 0.5) is 32.0 Å². The first kappa shape index (κ1) is 24.3. The number of halogens is 6. The van der Waals surface area contributed by atoms with E-state index in [2.05, 4.69) is 15.2 Å². The van der Waals surface area contributed by atoms with Gasteiger partial charge in [-0.3, -0.25) is 9.78 Å². The summed E-state index contributed by atoms with van der Waals surface area (Å²) in [5.74, 6) is -2.02. The molecule has 0 aliphatic carbocycles. The van der Waals surface area contributed by atoms with Crippen molar-refractivity contribution in [3.63, 3.8) is 0 Å². The van der Waals surface area contributed by atoms with Gasteiger partial charge in [-0.2, -0.15) is 26.3 Å². The molecule has 2 aliphatic heterocycles. The van der Waals surface area contributed by atoms with E-state index in [1.165, 1.54) is 4.90 Å². The lowest BCUT2D eigenvalue weighted by Gasteiger charge is -2.41. The van der Waals surface area contributed by atoms with Crippen molar-refractivity contribution in [3.8, 4) is 0 Å². The molecule has 2 aromatic heterocycles. The largest absolute Gasteiger partial charge is 0.451 e. The number of para-hydroxylation sites is 1. The first-order valence-corrected chi connectivity index (χ1v) is 11.4. The molecule has 0 N–H and O–H groups in total. The number of piperidine rings is 1. The van der Waals surface area contributed by atoms with Gasteiger partial charge in [0.1, 0.15) is 0 Å². The van der Waals surface area contributed by atoms with Crippen LogP contribution in [-0.2, 0) is 30.2 Å². The summed E-state index contributed by atoms with van der Waals surface area (Å²) in [5.41, 5.74) is -0.326. The second-order valence-corrected chi connectivity index (χ2v) is 9.20. The predicted octanol–water partition coefficient (Wildman–Crippen LogP) is 4.37. The van der Waals surface area contributed by atoms with Gasteiger partial charge in [0.2, 0.25) is 11.7 Å². The molecule has 36 heavy (non-hydrogen) atoms.